The Balaban J connectivity index is 2.05. The second-order valence-electron chi connectivity index (χ2n) is 4.63. The number of nitrogens with one attached hydrogen (secondary N) is 2. The maximum atomic E-state index is 12.0. The van der Waals surface area contributed by atoms with Crippen molar-refractivity contribution in [2.45, 2.75) is 12.0 Å². The topological polar surface area (TPSA) is 64.6 Å². The minimum Gasteiger partial charge on any atom is -0.506 e. The summed E-state index contributed by atoms with van der Waals surface area (Å²) in [4.78, 5) is 13.7. The third-order valence-corrected chi connectivity index (χ3v) is 3.59. The van der Waals surface area contributed by atoms with Gasteiger partial charge in [0, 0.05) is 13.1 Å². The Morgan fingerprint density at radius 1 is 1.29 bits per heavy atom. The van der Waals surface area contributed by atoms with E-state index in [0.29, 0.717) is 12.2 Å². The van der Waals surface area contributed by atoms with Crippen LogP contribution < -0.4 is 15.5 Å². The largest absolute Gasteiger partial charge is 0.506 e. The molecule has 2 fully saturated rings. The molecule has 0 bridgehead atoms. The molecule has 1 spiro atoms. The van der Waals surface area contributed by atoms with Crippen LogP contribution in [0.2, 0.25) is 0 Å². The lowest BCUT2D eigenvalue weighted by atomic mass is 9.97. The number of carbonyl (C=O) groups excluding carboxylic acids is 1. The van der Waals surface area contributed by atoms with Gasteiger partial charge in [-0.15, -0.1) is 0 Å². The van der Waals surface area contributed by atoms with Crippen molar-refractivity contribution in [2.24, 2.45) is 0 Å². The van der Waals surface area contributed by atoms with E-state index in [1.807, 2.05) is 6.07 Å². The van der Waals surface area contributed by atoms with Gasteiger partial charge in [-0.3, -0.25) is 4.90 Å². The lowest BCUT2D eigenvalue weighted by Crippen LogP contribution is -2.49. The number of amides is 2. The predicted octanol–water partition coefficient (Wildman–Crippen LogP) is 0.654. The van der Waals surface area contributed by atoms with Crippen molar-refractivity contribution in [1.29, 1.82) is 0 Å². The van der Waals surface area contributed by atoms with E-state index >= 15 is 0 Å². The summed E-state index contributed by atoms with van der Waals surface area (Å²) in [5.41, 5.74) is 0.363. The first-order chi connectivity index (χ1) is 8.23. The molecule has 5 heteroatoms. The van der Waals surface area contributed by atoms with Crippen LogP contribution in [-0.2, 0) is 0 Å². The summed E-state index contributed by atoms with van der Waals surface area (Å²) >= 11 is 0. The fourth-order valence-corrected chi connectivity index (χ4v) is 2.70. The van der Waals surface area contributed by atoms with Crippen molar-refractivity contribution in [3.63, 3.8) is 0 Å². The first kappa shape index (κ1) is 10.4. The average molecular weight is 233 g/mol. The second-order valence-corrected chi connectivity index (χ2v) is 4.63. The van der Waals surface area contributed by atoms with Gasteiger partial charge in [-0.25, -0.2) is 4.79 Å². The van der Waals surface area contributed by atoms with E-state index in [0.717, 1.165) is 19.5 Å². The van der Waals surface area contributed by atoms with E-state index in [2.05, 4.69) is 10.6 Å². The Morgan fingerprint density at radius 2 is 2.12 bits per heavy atom. The second kappa shape index (κ2) is 3.63. The average Bonchev–Trinajstić information content (AvgIpc) is 2.90. The molecule has 1 aromatic carbocycles. The van der Waals surface area contributed by atoms with Gasteiger partial charge in [0.25, 0.3) is 0 Å². The molecule has 0 aromatic heterocycles. The smallest absolute Gasteiger partial charge is 0.322 e. The van der Waals surface area contributed by atoms with Crippen molar-refractivity contribution in [1.82, 2.24) is 10.6 Å². The maximum absolute atomic E-state index is 12.0. The summed E-state index contributed by atoms with van der Waals surface area (Å²) in [6.45, 7) is 2.30. The molecular weight excluding hydrogens is 218 g/mol. The molecule has 0 aliphatic carbocycles. The molecule has 1 atom stereocenters. The molecule has 2 amide bonds. The highest BCUT2D eigenvalue weighted by atomic mass is 16.3. The summed E-state index contributed by atoms with van der Waals surface area (Å²) in [6, 6.07) is 6.84. The number of phenols is 1. The molecule has 2 aliphatic rings. The van der Waals surface area contributed by atoms with Gasteiger partial charge < -0.3 is 15.7 Å². The van der Waals surface area contributed by atoms with E-state index < -0.39 is 0 Å². The highest BCUT2D eigenvalue weighted by Gasteiger charge is 2.48. The number of hydrogen-bond donors (Lipinski definition) is 3. The third kappa shape index (κ3) is 1.46. The fraction of sp³-hybridized carbons (Fsp3) is 0.417. The highest BCUT2D eigenvalue weighted by molar-refractivity contribution is 5.97. The molecule has 0 saturated carbocycles. The number of para-hydroxylation sites is 2. The number of hydrogen-bond acceptors (Lipinski definition) is 3. The minimum atomic E-state index is -0.226. The molecule has 0 radical (unpaired) electrons. The molecule has 90 valence electrons. The van der Waals surface area contributed by atoms with Crippen LogP contribution in [0.5, 0.6) is 5.75 Å². The molecular formula is C12H15N3O2. The molecule has 17 heavy (non-hydrogen) atoms. The summed E-state index contributed by atoms with van der Waals surface area (Å²) in [6.07, 6.45) is 0.903. The van der Waals surface area contributed by atoms with Crippen LogP contribution in [0.25, 0.3) is 0 Å². The van der Waals surface area contributed by atoms with Gasteiger partial charge in [0.05, 0.1) is 11.2 Å². The summed E-state index contributed by atoms with van der Waals surface area (Å²) in [7, 11) is 0. The quantitative estimate of drug-likeness (QED) is 0.667. The number of urea groups is 1. The molecule has 5 nitrogen and oxygen atoms in total. The summed E-state index contributed by atoms with van der Waals surface area (Å²) in [5, 5.41) is 16.0. The zero-order valence-corrected chi connectivity index (χ0v) is 9.44. The molecule has 2 aliphatic heterocycles. The number of nitrogens with zero attached hydrogens (tertiary/aromatic N) is 1. The number of carbonyl (C=O) groups is 1. The van der Waals surface area contributed by atoms with Crippen molar-refractivity contribution >= 4 is 11.7 Å². The van der Waals surface area contributed by atoms with Crippen molar-refractivity contribution in [2.75, 3.05) is 24.5 Å². The van der Waals surface area contributed by atoms with E-state index in [-0.39, 0.29) is 17.3 Å². The van der Waals surface area contributed by atoms with Gasteiger partial charge in [0.1, 0.15) is 5.75 Å². The van der Waals surface area contributed by atoms with Crippen LogP contribution in [0.4, 0.5) is 10.5 Å². The van der Waals surface area contributed by atoms with Gasteiger partial charge in [-0.1, -0.05) is 12.1 Å². The lowest BCUT2D eigenvalue weighted by Gasteiger charge is -2.32. The van der Waals surface area contributed by atoms with Crippen LogP contribution in [0.1, 0.15) is 6.42 Å². The monoisotopic (exact) mass is 233 g/mol. The fourth-order valence-electron chi connectivity index (χ4n) is 2.70. The Morgan fingerprint density at radius 3 is 2.82 bits per heavy atom. The molecule has 1 unspecified atom stereocenters. The number of aromatic hydroxyl groups is 1. The highest BCUT2D eigenvalue weighted by Crippen LogP contribution is 2.37. The molecule has 3 N–H and O–H groups in total. The van der Waals surface area contributed by atoms with Gasteiger partial charge in [0.15, 0.2) is 0 Å². The number of phenolic OH excluding ortho intramolecular Hbond substituents is 1. The van der Waals surface area contributed by atoms with E-state index in [4.69, 9.17) is 0 Å². The zero-order valence-electron chi connectivity index (χ0n) is 9.44. The summed E-state index contributed by atoms with van der Waals surface area (Å²) in [5.74, 6) is 0.149. The van der Waals surface area contributed by atoms with E-state index in [1.54, 1.807) is 23.1 Å². The van der Waals surface area contributed by atoms with Crippen molar-refractivity contribution in [3.8, 4) is 5.75 Å². The Labute approximate surface area is 99.4 Å². The van der Waals surface area contributed by atoms with E-state index in [1.165, 1.54) is 0 Å². The Kier molecular flexibility index (Phi) is 2.22. The number of benzene rings is 1. The van der Waals surface area contributed by atoms with Crippen LogP contribution in [0.3, 0.4) is 0 Å². The third-order valence-electron chi connectivity index (χ3n) is 3.59. The van der Waals surface area contributed by atoms with Gasteiger partial charge in [-0.05, 0) is 25.1 Å². The van der Waals surface area contributed by atoms with E-state index in [9.17, 15) is 9.90 Å². The van der Waals surface area contributed by atoms with Crippen molar-refractivity contribution < 1.29 is 9.90 Å². The SMILES string of the molecule is O=C1NCC2(CCNC2)N1c1ccccc1O. The molecule has 2 saturated heterocycles. The molecule has 2 heterocycles. The van der Waals surface area contributed by atoms with Crippen molar-refractivity contribution in [3.05, 3.63) is 24.3 Å². The van der Waals surface area contributed by atoms with Gasteiger partial charge in [-0.2, -0.15) is 0 Å². The number of anilines is 1. The number of rotatable bonds is 1. The van der Waals surface area contributed by atoms with Gasteiger partial charge >= 0.3 is 6.03 Å². The predicted molar refractivity (Wildman–Crippen MR) is 64.2 cm³/mol. The van der Waals surface area contributed by atoms with Crippen LogP contribution >= 0.6 is 0 Å². The maximum Gasteiger partial charge on any atom is 0.322 e. The first-order valence-corrected chi connectivity index (χ1v) is 5.80. The van der Waals surface area contributed by atoms with Crippen LogP contribution in [-0.4, -0.2) is 36.3 Å². The van der Waals surface area contributed by atoms with Crippen LogP contribution in [0, 0.1) is 0 Å². The molecule has 3 rings (SSSR count). The normalized spacial score (nSPS) is 27.8. The first-order valence-electron chi connectivity index (χ1n) is 5.80. The summed E-state index contributed by atoms with van der Waals surface area (Å²) < 4.78 is 0. The standard InChI is InChI=1S/C12H15N3O2/c16-10-4-2-1-3-9(10)15-11(17)14-8-12(15)5-6-13-7-12/h1-4,13,16H,5-8H2,(H,14,17). The van der Waals surface area contributed by atoms with Gasteiger partial charge in [0.2, 0.25) is 0 Å². The van der Waals surface area contributed by atoms with Crippen LogP contribution in [0.15, 0.2) is 24.3 Å². The Hall–Kier alpha value is -1.75. The Bertz CT molecular complexity index is 455. The zero-order chi connectivity index (χ0) is 11.9. The lowest BCUT2D eigenvalue weighted by molar-refractivity contribution is 0.250. The molecule has 1 aromatic rings. The minimum absolute atomic E-state index is 0.129.